The number of pyridine rings is 1. The van der Waals surface area contributed by atoms with E-state index in [9.17, 15) is 9.59 Å². The molecule has 2 heterocycles. The van der Waals surface area contributed by atoms with Crippen molar-refractivity contribution in [2.45, 2.75) is 18.1 Å². The molecule has 2 rings (SSSR count). The molecule has 0 radical (unpaired) electrons. The van der Waals surface area contributed by atoms with Crippen LogP contribution >= 0.6 is 11.8 Å². The molecule has 1 aliphatic heterocycles. The molecule has 1 aromatic heterocycles. The van der Waals surface area contributed by atoms with Crippen LogP contribution in [0.4, 0.5) is 10.5 Å². The Morgan fingerprint density at radius 3 is 2.89 bits per heavy atom. The van der Waals surface area contributed by atoms with Gasteiger partial charge in [-0.1, -0.05) is 0 Å². The SMILES string of the molecule is O=C(NCC1CCCS1)Nc1ccc(C(=O)O)nc1. The van der Waals surface area contributed by atoms with Gasteiger partial charge in [0.15, 0.2) is 0 Å². The summed E-state index contributed by atoms with van der Waals surface area (Å²) in [7, 11) is 0. The Bertz CT molecular complexity index is 458. The highest BCUT2D eigenvalue weighted by Crippen LogP contribution is 2.25. The van der Waals surface area contributed by atoms with Crippen LogP contribution in [0.2, 0.25) is 0 Å². The van der Waals surface area contributed by atoms with Crippen molar-refractivity contribution >= 4 is 29.4 Å². The van der Waals surface area contributed by atoms with Crippen LogP contribution in [0.25, 0.3) is 0 Å². The lowest BCUT2D eigenvalue weighted by atomic mass is 10.2. The number of carbonyl (C=O) groups excluding carboxylic acids is 1. The van der Waals surface area contributed by atoms with E-state index in [1.54, 1.807) is 0 Å². The predicted octanol–water partition coefficient (Wildman–Crippen LogP) is 1.80. The fourth-order valence-corrected chi connectivity index (χ4v) is 2.98. The van der Waals surface area contributed by atoms with Crippen LogP contribution in [0, 0.1) is 0 Å². The zero-order valence-corrected chi connectivity index (χ0v) is 11.1. The van der Waals surface area contributed by atoms with Crippen LogP contribution in [-0.2, 0) is 0 Å². The molecular formula is C12H15N3O3S. The summed E-state index contributed by atoms with van der Waals surface area (Å²) in [6.45, 7) is 0.650. The Balaban J connectivity index is 1.79. The van der Waals surface area contributed by atoms with E-state index in [4.69, 9.17) is 5.11 Å². The van der Waals surface area contributed by atoms with Crippen molar-refractivity contribution in [1.82, 2.24) is 10.3 Å². The molecule has 0 saturated carbocycles. The molecule has 3 N–H and O–H groups in total. The third-order valence-electron chi connectivity index (χ3n) is 2.75. The number of nitrogens with one attached hydrogen (secondary N) is 2. The van der Waals surface area contributed by atoms with Gasteiger partial charge in [0.25, 0.3) is 0 Å². The summed E-state index contributed by atoms with van der Waals surface area (Å²) in [5, 5.41) is 14.6. The summed E-state index contributed by atoms with van der Waals surface area (Å²) < 4.78 is 0. The quantitative estimate of drug-likeness (QED) is 0.782. The Labute approximate surface area is 115 Å². The summed E-state index contributed by atoms with van der Waals surface area (Å²) in [5.41, 5.74) is 0.426. The van der Waals surface area contributed by atoms with Crippen LogP contribution in [0.1, 0.15) is 23.3 Å². The van der Waals surface area contributed by atoms with Gasteiger partial charge in [0.1, 0.15) is 5.69 Å². The highest BCUT2D eigenvalue weighted by molar-refractivity contribution is 8.00. The number of carboxylic acid groups (broad SMARTS) is 1. The third-order valence-corrected chi connectivity index (χ3v) is 4.15. The van der Waals surface area contributed by atoms with E-state index >= 15 is 0 Å². The molecular weight excluding hydrogens is 266 g/mol. The summed E-state index contributed by atoms with van der Waals surface area (Å²) in [6, 6.07) is 2.57. The number of amides is 2. The fraction of sp³-hybridized carbons (Fsp3) is 0.417. The van der Waals surface area contributed by atoms with E-state index in [0.717, 1.165) is 12.2 Å². The Hall–Kier alpha value is -1.76. The van der Waals surface area contributed by atoms with Gasteiger partial charge in [-0.15, -0.1) is 0 Å². The van der Waals surface area contributed by atoms with Crippen molar-refractivity contribution < 1.29 is 14.7 Å². The van der Waals surface area contributed by atoms with E-state index < -0.39 is 5.97 Å². The predicted molar refractivity (Wildman–Crippen MR) is 73.7 cm³/mol. The number of aromatic nitrogens is 1. The van der Waals surface area contributed by atoms with Crippen LogP contribution in [-0.4, -0.2) is 39.6 Å². The lowest BCUT2D eigenvalue weighted by Gasteiger charge is -2.11. The second-order valence-electron chi connectivity index (χ2n) is 4.21. The summed E-state index contributed by atoms with van der Waals surface area (Å²) >= 11 is 1.88. The lowest BCUT2D eigenvalue weighted by molar-refractivity contribution is 0.0690. The number of anilines is 1. The highest BCUT2D eigenvalue weighted by atomic mass is 32.2. The smallest absolute Gasteiger partial charge is 0.354 e. The fourth-order valence-electron chi connectivity index (χ4n) is 1.78. The average molecular weight is 281 g/mol. The minimum atomic E-state index is -1.09. The molecule has 1 fully saturated rings. The molecule has 0 aromatic carbocycles. The summed E-state index contributed by atoms with van der Waals surface area (Å²) in [4.78, 5) is 26.0. The van der Waals surface area contributed by atoms with Crippen LogP contribution in [0.15, 0.2) is 18.3 Å². The number of hydrogen-bond acceptors (Lipinski definition) is 4. The van der Waals surface area contributed by atoms with E-state index in [2.05, 4.69) is 15.6 Å². The number of urea groups is 1. The largest absolute Gasteiger partial charge is 0.477 e. The van der Waals surface area contributed by atoms with E-state index in [0.29, 0.717) is 17.5 Å². The van der Waals surface area contributed by atoms with Gasteiger partial charge in [0, 0.05) is 11.8 Å². The summed E-state index contributed by atoms with van der Waals surface area (Å²) in [6.07, 6.45) is 3.67. The molecule has 1 saturated heterocycles. The Morgan fingerprint density at radius 2 is 2.32 bits per heavy atom. The Kier molecular flexibility index (Phi) is 4.62. The number of hydrogen-bond donors (Lipinski definition) is 3. The molecule has 7 heteroatoms. The first kappa shape index (κ1) is 13.7. The molecule has 1 aromatic rings. The van der Waals surface area contributed by atoms with E-state index in [1.165, 1.54) is 24.8 Å². The van der Waals surface area contributed by atoms with Crippen LogP contribution in [0.5, 0.6) is 0 Å². The van der Waals surface area contributed by atoms with E-state index in [1.807, 2.05) is 11.8 Å². The van der Waals surface area contributed by atoms with Gasteiger partial charge in [0.05, 0.1) is 11.9 Å². The number of thioether (sulfide) groups is 1. The highest BCUT2D eigenvalue weighted by Gasteiger charge is 2.16. The molecule has 6 nitrogen and oxygen atoms in total. The van der Waals surface area contributed by atoms with Crippen molar-refractivity contribution in [2.24, 2.45) is 0 Å². The maximum absolute atomic E-state index is 11.6. The Morgan fingerprint density at radius 1 is 1.47 bits per heavy atom. The first-order valence-corrected chi connectivity index (χ1v) is 7.06. The van der Waals surface area contributed by atoms with Gasteiger partial charge < -0.3 is 15.7 Å². The average Bonchev–Trinajstić information content (AvgIpc) is 2.90. The van der Waals surface area contributed by atoms with Crippen molar-refractivity contribution in [3.8, 4) is 0 Å². The molecule has 0 spiro atoms. The minimum absolute atomic E-state index is 0.0479. The molecule has 2 amide bonds. The van der Waals surface area contributed by atoms with Gasteiger partial charge in [-0.2, -0.15) is 11.8 Å². The van der Waals surface area contributed by atoms with Crippen LogP contribution < -0.4 is 10.6 Å². The van der Waals surface area contributed by atoms with Gasteiger partial charge in [0.2, 0.25) is 0 Å². The molecule has 0 aliphatic carbocycles. The molecule has 0 bridgehead atoms. The van der Waals surface area contributed by atoms with Crippen molar-refractivity contribution in [2.75, 3.05) is 17.6 Å². The van der Waals surface area contributed by atoms with Gasteiger partial charge in [-0.25, -0.2) is 14.6 Å². The standard InChI is InChI=1S/C12H15N3O3S/c16-11(17)10-4-3-8(6-13-10)15-12(18)14-7-9-2-1-5-19-9/h3-4,6,9H,1-2,5,7H2,(H,16,17)(H2,14,15,18). The maximum Gasteiger partial charge on any atom is 0.354 e. The topological polar surface area (TPSA) is 91.3 Å². The van der Waals surface area contributed by atoms with Gasteiger partial charge >= 0.3 is 12.0 Å². The first-order chi connectivity index (χ1) is 9.15. The number of aromatic carboxylic acids is 1. The molecule has 1 unspecified atom stereocenters. The zero-order valence-electron chi connectivity index (χ0n) is 10.3. The molecule has 1 aliphatic rings. The second kappa shape index (κ2) is 6.42. The monoisotopic (exact) mass is 281 g/mol. The van der Waals surface area contributed by atoms with Gasteiger partial charge in [-0.3, -0.25) is 0 Å². The maximum atomic E-state index is 11.6. The number of carboxylic acids is 1. The minimum Gasteiger partial charge on any atom is -0.477 e. The number of carbonyl (C=O) groups is 2. The van der Waals surface area contributed by atoms with Crippen molar-refractivity contribution in [1.29, 1.82) is 0 Å². The van der Waals surface area contributed by atoms with Gasteiger partial charge in [-0.05, 0) is 30.7 Å². The lowest BCUT2D eigenvalue weighted by Crippen LogP contribution is -2.33. The van der Waals surface area contributed by atoms with Crippen molar-refractivity contribution in [3.05, 3.63) is 24.0 Å². The second-order valence-corrected chi connectivity index (χ2v) is 5.62. The van der Waals surface area contributed by atoms with Crippen LogP contribution in [0.3, 0.4) is 0 Å². The molecule has 102 valence electrons. The summed E-state index contributed by atoms with van der Waals surface area (Å²) in [5.74, 6) is 0.0726. The number of rotatable bonds is 4. The van der Waals surface area contributed by atoms with Crippen molar-refractivity contribution in [3.63, 3.8) is 0 Å². The normalized spacial score (nSPS) is 18.0. The number of nitrogens with zero attached hydrogens (tertiary/aromatic N) is 1. The van der Waals surface area contributed by atoms with E-state index in [-0.39, 0.29) is 11.7 Å². The zero-order chi connectivity index (χ0) is 13.7. The molecule has 1 atom stereocenters. The first-order valence-electron chi connectivity index (χ1n) is 6.01. The third kappa shape index (κ3) is 4.13. The molecule has 19 heavy (non-hydrogen) atoms.